The van der Waals surface area contributed by atoms with Crippen molar-refractivity contribution in [3.05, 3.63) is 42.7 Å². The highest BCUT2D eigenvalue weighted by molar-refractivity contribution is 5.80. The molecule has 4 heteroatoms. The van der Waals surface area contributed by atoms with Gasteiger partial charge in [0.1, 0.15) is 6.02 Å². The Hall–Kier alpha value is -2.10. The Labute approximate surface area is 80.9 Å². The van der Waals surface area contributed by atoms with E-state index in [9.17, 15) is 5.11 Å². The highest BCUT2D eigenvalue weighted by Crippen LogP contribution is 2.09. The van der Waals surface area contributed by atoms with Gasteiger partial charge in [-0.25, -0.2) is 0 Å². The molecule has 0 fully saturated rings. The van der Waals surface area contributed by atoms with Crippen molar-refractivity contribution in [3.8, 4) is 0 Å². The molecular formula is C10H9N3O. The Balaban J connectivity index is 2.57. The molecule has 2 aromatic rings. The summed E-state index contributed by atoms with van der Waals surface area (Å²) >= 11 is 0. The van der Waals surface area contributed by atoms with Crippen LogP contribution >= 0.6 is 0 Å². The number of pyridine rings is 1. The van der Waals surface area contributed by atoms with Crippen molar-refractivity contribution in [2.45, 2.75) is 0 Å². The predicted molar refractivity (Wildman–Crippen MR) is 51.2 cm³/mol. The summed E-state index contributed by atoms with van der Waals surface area (Å²) in [6.07, 6.45) is 3.44. The van der Waals surface area contributed by atoms with Crippen molar-refractivity contribution >= 4 is 16.8 Å². The molecule has 1 heterocycles. The fourth-order valence-corrected chi connectivity index (χ4v) is 1.30. The van der Waals surface area contributed by atoms with Gasteiger partial charge in [0.25, 0.3) is 0 Å². The molecule has 0 unspecified atom stereocenters. The van der Waals surface area contributed by atoms with Gasteiger partial charge in [-0.1, -0.05) is 22.9 Å². The molecule has 0 bridgehead atoms. The summed E-state index contributed by atoms with van der Waals surface area (Å²) in [5.41, 5.74) is 4.94. The first-order valence-corrected chi connectivity index (χ1v) is 4.17. The van der Waals surface area contributed by atoms with Crippen LogP contribution in [0.4, 0.5) is 0 Å². The van der Waals surface area contributed by atoms with Gasteiger partial charge in [-0.2, -0.15) is 0 Å². The van der Waals surface area contributed by atoms with Crippen LogP contribution in [0.5, 0.6) is 0 Å². The van der Waals surface area contributed by atoms with E-state index in [1.165, 1.54) is 4.68 Å². The highest BCUT2D eigenvalue weighted by atomic mass is 16.3. The van der Waals surface area contributed by atoms with E-state index in [1.807, 2.05) is 30.3 Å². The average molecular weight is 187 g/mol. The van der Waals surface area contributed by atoms with Crippen LogP contribution < -0.4 is 15.5 Å². The molecule has 0 spiro atoms. The SMILES string of the molecule is N/C([O-])=N/[n+]1ccc2ccccc2c1. The summed E-state index contributed by atoms with van der Waals surface area (Å²) in [6, 6.07) is 8.99. The van der Waals surface area contributed by atoms with Gasteiger partial charge >= 0.3 is 0 Å². The Kier molecular flexibility index (Phi) is 2.02. The minimum absolute atomic E-state index is 0.703. The lowest BCUT2D eigenvalue weighted by Gasteiger charge is -1.97. The molecule has 0 radical (unpaired) electrons. The van der Waals surface area contributed by atoms with Crippen LogP contribution in [0.25, 0.3) is 10.8 Å². The van der Waals surface area contributed by atoms with E-state index < -0.39 is 6.02 Å². The molecule has 70 valence electrons. The van der Waals surface area contributed by atoms with E-state index in [2.05, 4.69) is 5.10 Å². The summed E-state index contributed by atoms with van der Waals surface area (Å²) in [7, 11) is 0. The smallest absolute Gasteiger partial charge is 0.210 e. The van der Waals surface area contributed by atoms with Gasteiger partial charge in [-0.3, -0.25) is 0 Å². The van der Waals surface area contributed by atoms with Crippen molar-refractivity contribution in [1.82, 2.24) is 0 Å². The van der Waals surface area contributed by atoms with Crippen LogP contribution in [0.2, 0.25) is 0 Å². The van der Waals surface area contributed by atoms with Crippen LogP contribution in [0.3, 0.4) is 0 Å². The molecule has 1 aromatic heterocycles. The monoisotopic (exact) mass is 187 g/mol. The molecule has 0 aliphatic carbocycles. The first-order valence-electron chi connectivity index (χ1n) is 4.17. The van der Waals surface area contributed by atoms with E-state index in [4.69, 9.17) is 5.73 Å². The van der Waals surface area contributed by atoms with Crippen molar-refractivity contribution in [2.24, 2.45) is 10.8 Å². The third-order valence-corrected chi connectivity index (χ3v) is 1.89. The summed E-state index contributed by atoms with van der Waals surface area (Å²) in [5.74, 6) is 0. The minimum Gasteiger partial charge on any atom is -0.842 e. The Morgan fingerprint density at radius 3 is 2.64 bits per heavy atom. The molecule has 2 rings (SSSR count). The standard InChI is InChI=1S/C10H9N3O/c11-10(14)12-13-6-5-8-3-1-2-4-9(8)7-13/h1-7H,(H2-,11,12,14). The molecule has 0 aliphatic heterocycles. The van der Waals surface area contributed by atoms with Crippen LogP contribution in [0.15, 0.2) is 47.8 Å². The first kappa shape index (κ1) is 8.50. The van der Waals surface area contributed by atoms with Crippen molar-refractivity contribution in [2.75, 3.05) is 0 Å². The highest BCUT2D eigenvalue weighted by Gasteiger charge is 1.99. The van der Waals surface area contributed by atoms with Crippen molar-refractivity contribution < 1.29 is 9.78 Å². The summed E-state index contributed by atoms with van der Waals surface area (Å²) in [6.45, 7) is 0. The van der Waals surface area contributed by atoms with E-state index in [-0.39, 0.29) is 0 Å². The second kappa shape index (κ2) is 3.33. The number of hydrogen-bond donors (Lipinski definition) is 1. The number of fused-ring (bicyclic) bond motifs is 1. The Morgan fingerprint density at radius 2 is 1.93 bits per heavy atom. The van der Waals surface area contributed by atoms with E-state index in [0.29, 0.717) is 0 Å². The number of hydrogen-bond acceptors (Lipinski definition) is 2. The van der Waals surface area contributed by atoms with Crippen molar-refractivity contribution in [3.63, 3.8) is 0 Å². The normalized spacial score (nSPS) is 11.9. The van der Waals surface area contributed by atoms with Gasteiger partial charge < -0.3 is 10.8 Å². The Morgan fingerprint density at radius 1 is 1.21 bits per heavy atom. The number of nitrogens with zero attached hydrogens (tertiary/aromatic N) is 2. The fourth-order valence-electron chi connectivity index (χ4n) is 1.30. The average Bonchev–Trinajstić information content (AvgIpc) is 2.17. The lowest BCUT2D eigenvalue weighted by atomic mass is 10.2. The fraction of sp³-hybridized carbons (Fsp3) is 0. The predicted octanol–water partition coefficient (Wildman–Crippen LogP) is -0.435. The van der Waals surface area contributed by atoms with E-state index in [0.717, 1.165) is 10.8 Å². The van der Waals surface area contributed by atoms with E-state index in [1.54, 1.807) is 12.4 Å². The maximum Gasteiger partial charge on any atom is 0.210 e. The largest absolute Gasteiger partial charge is 0.842 e. The minimum atomic E-state index is -0.703. The molecule has 14 heavy (non-hydrogen) atoms. The zero-order valence-corrected chi connectivity index (χ0v) is 7.42. The van der Waals surface area contributed by atoms with Gasteiger partial charge in [0, 0.05) is 16.6 Å². The van der Waals surface area contributed by atoms with Gasteiger partial charge in [0.2, 0.25) is 12.4 Å². The van der Waals surface area contributed by atoms with Gasteiger partial charge in [-0.15, -0.1) is 0 Å². The molecule has 2 N–H and O–H groups in total. The summed E-state index contributed by atoms with van der Waals surface area (Å²) < 4.78 is 1.41. The van der Waals surface area contributed by atoms with E-state index >= 15 is 0 Å². The van der Waals surface area contributed by atoms with Gasteiger partial charge in [0.05, 0.1) is 0 Å². The Bertz CT molecular complexity index is 489. The molecule has 0 saturated carbocycles. The molecule has 0 amide bonds. The molecule has 0 atom stereocenters. The molecule has 0 aliphatic rings. The number of aromatic nitrogens is 1. The first-order chi connectivity index (χ1) is 6.75. The lowest BCUT2D eigenvalue weighted by Crippen LogP contribution is -2.37. The maximum atomic E-state index is 10.5. The topological polar surface area (TPSA) is 65.3 Å². The zero-order valence-electron chi connectivity index (χ0n) is 7.42. The number of rotatable bonds is 1. The maximum absolute atomic E-state index is 10.5. The summed E-state index contributed by atoms with van der Waals surface area (Å²) in [4.78, 5) is 0. The van der Waals surface area contributed by atoms with Crippen LogP contribution in [-0.2, 0) is 0 Å². The quantitative estimate of drug-likeness (QED) is 0.374. The lowest BCUT2D eigenvalue weighted by molar-refractivity contribution is -0.680. The third kappa shape index (κ3) is 1.64. The van der Waals surface area contributed by atoms with Crippen LogP contribution in [0, 0.1) is 0 Å². The summed E-state index contributed by atoms with van der Waals surface area (Å²) in [5, 5.41) is 16.2. The number of nitrogens with two attached hydrogens (primary N) is 1. The van der Waals surface area contributed by atoms with Gasteiger partial charge in [-0.05, 0) is 11.5 Å². The number of amidine groups is 1. The second-order valence-corrected chi connectivity index (χ2v) is 2.89. The van der Waals surface area contributed by atoms with Crippen LogP contribution in [0.1, 0.15) is 0 Å². The van der Waals surface area contributed by atoms with Gasteiger partial charge in [0.15, 0.2) is 0 Å². The molecule has 1 aromatic carbocycles. The molecular weight excluding hydrogens is 178 g/mol. The van der Waals surface area contributed by atoms with Crippen LogP contribution in [-0.4, -0.2) is 6.02 Å². The second-order valence-electron chi connectivity index (χ2n) is 2.89. The molecule has 0 saturated heterocycles. The zero-order chi connectivity index (χ0) is 9.97. The van der Waals surface area contributed by atoms with Crippen molar-refractivity contribution in [1.29, 1.82) is 0 Å². The third-order valence-electron chi connectivity index (χ3n) is 1.89. The molecule has 4 nitrogen and oxygen atoms in total. The number of benzene rings is 1.